The average Bonchev–Trinajstić information content (AvgIpc) is 2.74. The van der Waals surface area contributed by atoms with Crippen LogP contribution in [0.25, 0.3) is 11.1 Å². The molecule has 3 rings (SSSR count). The van der Waals surface area contributed by atoms with Crippen LogP contribution in [0, 0.1) is 29.6 Å². The number of para-hydroxylation sites is 2. The van der Waals surface area contributed by atoms with Crippen LogP contribution >= 0.6 is 0 Å². The number of aromatic amines is 1. The number of ether oxygens (including phenoxy) is 1. The van der Waals surface area contributed by atoms with Crippen molar-refractivity contribution >= 4 is 17.4 Å². The van der Waals surface area contributed by atoms with Crippen molar-refractivity contribution in [1.82, 2.24) is 4.98 Å². The molecule has 4 N–H and O–H groups in total. The van der Waals surface area contributed by atoms with Crippen LogP contribution < -0.4 is 21.3 Å². The van der Waals surface area contributed by atoms with Crippen LogP contribution in [-0.2, 0) is 4.79 Å². The van der Waals surface area contributed by atoms with Gasteiger partial charge in [0.2, 0.25) is 0 Å². The Morgan fingerprint density at radius 3 is 2.47 bits per heavy atom. The minimum absolute atomic E-state index is 0.0495. The molecule has 1 amide bonds. The van der Waals surface area contributed by atoms with Crippen LogP contribution in [0.4, 0.5) is 11.5 Å². The molecule has 0 aliphatic rings. The number of H-pyrrole nitrogens is 1. The predicted molar refractivity (Wildman–Crippen MR) is 112 cm³/mol. The largest absolute Gasteiger partial charge is 0.483 e. The molecule has 1 aromatic heterocycles. The zero-order valence-electron chi connectivity index (χ0n) is 16.0. The van der Waals surface area contributed by atoms with Crippen LogP contribution in [0.3, 0.4) is 0 Å². The minimum atomic E-state index is -0.712. The van der Waals surface area contributed by atoms with Crippen LogP contribution in [0.1, 0.15) is 16.7 Å². The number of hydrogen-bond donors (Lipinski definition) is 3. The fourth-order valence-electron chi connectivity index (χ4n) is 2.95. The third-order valence-corrected chi connectivity index (χ3v) is 4.40. The number of nitriles is 2. The first-order valence-electron chi connectivity index (χ1n) is 8.90. The van der Waals surface area contributed by atoms with Gasteiger partial charge in [-0.15, -0.1) is 0 Å². The van der Waals surface area contributed by atoms with Crippen molar-refractivity contribution in [1.29, 1.82) is 10.5 Å². The van der Waals surface area contributed by atoms with Crippen molar-refractivity contribution in [2.24, 2.45) is 0 Å². The smallest absolute Gasteiger partial charge is 0.268 e. The normalized spacial score (nSPS) is 9.97. The van der Waals surface area contributed by atoms with E-state index in [-0.39, 0.29) is 40.8 Å². The molecule has 0 spiro atoms. The van der Waals surface area contributed by atoms with Gasteiger partial charge in [0.05, 0.1) is 0 Å². The van der Waals surface area contributed by atoms with Crippen molar-refractivity contribution in [3.8, 4) is 29.0 Å². The molecule has 0 fully saturated rings. The second-order valence-corrected chi connectivity index (χ2v) is 6.36. The molecule has 148 valence electrons. The standard InChI is InChI=1S/C22H17N5O3/c1-13-6-2-4-8-17(13)26-19(28)12-30-18-9-5-3-7-14(18)20-15(10-23)21(25)27-22(29)16(20)11-24/h2-9H,12H2,1H3,(H,26,28)(H3,25,27,29). The number of nitrogens with two attached hydrogens (primary N) is 1. The van der Waals surface area contributed by atoms with Crippen LogP contribution in [-0.4, -0.2) is 17.5 Å². The highest BCUT2D eigenvalue weighted by Crippen LogP contribution is 2.35. The lowest BCUT2D eigenvalue weighted by Crippen LogP contribution is -2.21. The van der Waals surface area contributed by atoms with E-state index in [0.29, 0.717) is 11.3 Å². The number of nitrogens with one attached hydrogen (secondary N) is 2. The summed E-state index contributed by atoms with van der Waals surface area (Å²) in [7, 11) is 0. The Kier molecular flexibility index (Phi) is 5.81. The lowest BCUT2D eigenvalue weighted by Gasteiger charge is -2.14. The zero-order valence-corrected chi connectivity index (χ0v) is 16.0. The summed E-state index contributed by atoms with van der Waals surface area (Å²) in [5.74, 6) is -0.301. The Bertz CT molecular complexity index is 1260. The SMILES string of the molecule is Cc1ccccc1NC(=O)COc1ccccc1-c1c(C#N)c(N)[nH]c(=O)c1C#N. The predicted octanol–water partition coefficient (Wildman–Crippen LogP) is 2.69. The summed E-state index contributed by atoms with van der Waals surface area (Å²) >= 11 is 0. The number of benzene rings is 2. The molecule has 8 nitrogen and oxygen atoms in total. The van der Waals surface area contributed by atoms with Gasteiger partial charge >= 0.3 is 0 Å². The zero-order chi connectivity index (χ0) is 21.7. The van der Waals surface area contributed by atoms with E-state index in [2.05, 4.69) is 10.3 Å². The van der Waals surface area contributed by atoms with Gasteiger partial charge in [-0.1, -0.05) is 36.4 Å². The number of pyridine rings is 1. The van der Waals surface area contributed by atoms with Crippen molar-refractivity contribution < 1.29 is 9.53 Å². The first-order valence-corrected chi connectivity index (χ1v) is 8.90. The number of aryl methyl sites for hydroxylation is 1. The second-order valence-electron chi connectivity index (χ2n) is 6.36. The molecule has 3 aromatic rings. The molecule has 0 atom stereocenters. The molecule has 2 aromatic carbocycles. The van der Waals surface area contributed by atoms with E-state index < -0.39 is 5.56 Å². The third-order valence-electron chi connectivity index (χ3n) is 4.40. The van der Waals surface area contributed by atoms with E-state index in [1.54, 1.807) is 30.3 Å². The van der Waals surface area contributed by atoms with Gasteiger partial charge in [-0.25, -0.2) is 0 Å². The van der Waals surface area contributed by atoms with E-state index >= 15 is 0 Å². The van der Waals surface area contributed by atoms with E-state index in [9.17, 15) is 20.1 Å². The highest BCUT2D eigenvalue weighted by Gasteiger charge is 2.21. The van der Waals surface area contributed by atoms with E-state index in [4.69, 9.17) is 10.5 Å². The fraction of sp³-hybridized carbons (Fsp3) is 0.0909. The number of carbonyl (C=O) groups excluding carboxylic acids is 1. The maximum Gasteiger partial charge on any atom is 0.268 e. The monoisotopic (exact) mass is 399 g/mol. The number of carbonyl (C=O) groups is 1. The summed E-state index contributed by atoms with van der Waals surface area (Å²) in [6.07, 6.45) is 0. The quantitative estimate of drug-likeness (QED) is 0.601. The summed E-state index contributed by atoms with van der Waals surface area (Å²) in [6, 6.07) is 17.5. The maximum absolute atomic E-state index is 12.3. The Morgan fingerprint density at radius 1 is 1.10 bits per heavy atom. The van der Waals surface area contributed by atoms with Crippen LogP contribution in [0.2, 0.25) is 0 Å². The van der Waals surface area contributed by atoms with Gasteiger partial charge in [0.1, 0.15) is 34.8 Å². The van der Waals surface area contributed by atoms with Gasteiger partial charge in [-0.3, -0.25) is 9.59 Å². The number of nitrogens with zero attached hydrogens (tertiary/aromatic N) is 2. The first-order chi connectivity index (χ1) is 14.5. The first kappa shape index (κ1) is 20.2. The Morgan fingerprint density at radius 2 is 1.77 bits per heavy atom. The van der Waals surface area contributed by atoms with Gasteiger partial charge in [0.25, 0.3) is 11.5 Å². The summed E-state index contributed by atoms with van der Waals surface area (Å²) in [6.45, 7) is 1.56. The van der Waals surface area contributed by atoms with Gasteiger partial charge in [0, 0.05) is 16.8 Å². The number of anilines is 2. The highest BCUT2D eigenvalue weighted by atomic mass is 16.5. The van der Waals surface area contributed by atoms with E-state index in [0.717, 1.165) is 5.56 Å². The van der Waals surface area contributed by atoms with Gasteiger partial charge in [-0.2, -0.15) is 10.5 Å². The van der Waals surface area contributed by atoms with E-state index in [1.165, 1.54) is 0 Å². The highest BCUT2D eigenvalue weighted by molar-refractivity contribution is 5.93. The molecule has 0 aliphatic carbocycles. The minimum Gasteiger partial charge on any atom is -0.483 e. The lowest BCUT2D eigenvalue weighted by atomic mass is 9.96. The average molecular weight is 399 g/mol. The molecular formula is C22H17N5O3. The Hall–Kier alpha value is -4.56. The molecule has 0 aliphatic heterocycles. The lowest BCUT2D eigenvalue weighted by molar-refractivity contribution is -0.118. The van der Waals surface area contributed by atoms with Gasteiger partial charge in [-0.05, 0) is 24.6 Å². The topological polar surface area (TPSA) is 145 Å². The Labute approximate surface area is 172 Å². The molecule has 30 heavy (non-hydrogen) atoms. The molecule has 8 heteroatoms. The van der Waals surface area contributed by atoms with Crippen LogP contribution in [0.15, 0.2) is 53.3 Å². The third kappa shape index (κ3) is 3.98. The number of rotatable bonds is 5. The summed E-state index contributed by atoms with van der Waals surface area (Å²) < 4.78 is 5.66. The summed E-state index contributed by atoms with van der Waals surface area (Å²) in [4.78, 5) is 26.8. The maximum atomic E-state index is 12.3. The van der Waals surface area contributed by atoms with Crippen LogP contribution in [0.5, 0.6) is 5.75 Å². The number of amides is 1. The van der Waals surface area contributed by atoms with E-state index in [1.807, 2.05) is 37.3 Å². The number of aromatic nitrogens is 1. The van der Waals surface area contributed by atoms with Crippen molar-refractivity contribution in [2.75, 3.05) is 17.7 Å². The Balaban J connectivity index is 1.94. The molecule has 0 saturated carbocycles. The molecule has 1 heterocycles. The van der Waals surface area contributed by atoms with Crippen molar-refractivity contribution in [3.05, 3.63) is 75.6 Å². The van der Waals surface area contributed by atoms with Crippen molar-refractivity contribution in [3.63, 3.8) is 0 Å². The number of hydrogen-bond acceptors (Lipinski definition) is 6. The van der Waals surface area contributed by atoms with Gasteiger partial charge < -0.3 is 20.8 Å². The molecule has 0 bridgehead atoms. The second kappa shape index (κ2) is 8.63. The molecule has 0 radical (unpaired) electrons. The molecular weight excluding hydrogens is 382 g/mol. The molecule has 0 saturated heterocycles. The van der Waals surface area contributed by atoms with Gasteiger partial charge in [0.15, 0.2) is 6.61 Å². The summed E-state index contributed by atoms with van der Waals surface area (Å²) in [5.41, 5.74) is 6.70. The summed E-state index contributed by atoms with van der Waals surface area (Å²) in [5, 5.41) is 21.7. The molecule has 0 unspecified atom stereocenters. The van der Waals surface area contributed by atoms with Crippen molar-refractivity contribution in [2.45, 2.75) is 6.92 Å². The fourth-order valence-corrected chi connectivity index (χ4v) is 2.95. The number of nitrogen functional groups attached to an aromatic ring is 1.